The fraction of sp³-hybridized carbons (Fsp3) is 0.176. The highest BCUT2D eigenvalue weighted by molar-refractivity contribution is 6.36. The Morgan fingerprint density at radius 3 is 2.58 bits per heavy atom. The number of nitriles is 1. The predicted molar refractivity (Wildman–Crippen MR) is 91.0 cm³/mol. The van der Waals surface area contributed by atoms with Crippen molar-refractivity contribution in [3.63, 3.8) is 0 Å². The molecule has 2 N–H and O–H groups in total. The zero-order valence-corrected chi connectivity index (χ0v) is 14.6. The number of carbonyl (C=O) groups is 2. The van der Waals surface area contributed by atoms with E-state index in [2.05, 4.69) is 4.98 Å². The Kier molecular flexibility index (Phi) is 6.14. The van der Waals surface area contributed by atoms with E-state index in [1.165, 1.54) is 12.1 Å². The van der Waals surface area contributed by atoms with Crippen molar-refractivity contribution in [3.05, 3.63) is 56.6 Å². The number of aromatic hydroxyl groups is 1. The second-order valence-electron chi connectivity index (χ2n) is 5.29. The lowest BCUT2D eigenvalue weighted by atomic mass is 10.0. The highest BCUT2D eigenvalue weighted by Crippen LogP contribution is 2.31. The van der Waals surface area contributed by atoms with Crippen molar-refractivity contribution >= 4 is 35.0 Å². The Hall–Kier alpha value is -2.69. The number of carboxylic acids is 1. The average Bonchev–Trinajstić information content (AvgIpc) is 2.60. The largest absolute Gasteiger partial charge is 0.504 e. The zero-order valence-electron chi connectivity index (χ0n) is 13.1. The lowest BCUT2D eigenvalue weighted by Crippen LogP contribution is -2.09. The smallest absolute Gasteiger partial charge is 0.303 e. The molecule has 0 aliphatic carbocycles. The number of halogens is 3. The molecule has 1 heterocycles. The van der Waals surface area contributed by atoms with Crippen LogP contribution < -0.4 is 0 Å². The number of hydrogen-bond acceptors (Lipinski definition) is 5. The number of rotatable bonds is 6. The van der Waals surface area contributed by atoms with E-state index in [9.17, 15) is 19.1 Å². The minimum atomic E-state index is -1.19. The van der Waals surface area contributed by atoms with Crippen molar-refractivity contribution in [3.8, 4) is 11.8 Å². The van der Waals surface area contributed by atoms with Crippen molar-refractivity contribution in [1.82, 2.24) is 4.98 Å². The van der Waals surface area contributed by atoms with Crippen molar-refractivity contribution in [2.75, 3.05) is 0 Å². The number of benzene rings is 1. The van der Waals surface area contributed by atoms with E-state index in [4.69, 9.17) is 33.6 Å². The van der Waals surface area contributed by atoms with Gasteiger partial charge in [-0.2, -0.15) is 5.26 Å². The molecule has 1 aromatic heterocycles. The van der Waals surface area contributed by atoms with Crippen LogP contribution in [0.5, 0.6) is 5.75 Å². The molecule has 26 heavy (non-hydrogen) atoms. The number of carbonyl (C=O) groups excluding carboxylic acids is 1. The Balaban J connectivity index is 2.46. The number of pyridine rings is 1. The van der Waals surface area contributed by atoms with Gasteiger partial charge in [0.15, 0.2) is 11.5 Å². The molecule has 0 aliphatic heterocycles. The van der Waals surface area contributed by atoms with Gasteiger partial charge in [-0.15, -0.1) is 0 Å². The van der Waals surface area contributed by atoms with E-state index in [-0.39, 0.29) is 33.3 Å². The maximum Gasteiger partial charge on any atom is 0.303 e. The third-order valence-corrected chi connectivity index (χ3v) is 4.26. The number of aliphatic carboxylic acids is 1. The van der Waals surface area contributed by atoms with Crippen LogP contribution in [0.25, 0.3) is 0 Å². The Labute approximate surface area is 157 Å². The van der Waals surface area contributed by atoms with Gasteiger partial charge in [0.25, 0.3) is 0 Å². The van der Waals surface area contributed by atoms with Gasteiger partial charge < -0.3 is 10.2 Å². The van der Waals surface area contributed by atoms with Crippen LogP contribution in [0, 0.1) is 17.1 Å². The van der Waals surface area contributed by atoms with E-state index >= 15 is 0 Å². The molecule has 0 fully saturated rings. The molecule has 0 unspecified atom stereocenters. The molecule has 2 rings (SSSR count). The first-order valence-electron chi connectivity index (χ1n) is 7.25. The molecular formula is C17H11Cl2FN2O4. The molecular weight excluding hydrogens is 386 g/mol. The molecule has 0 amide bonds. The molecule has 0 atom stereocenters. The number of hydrogen-bond donors (Lipinski definition) is 2. The van der Waals surface area contributed by atoms with Crippen LogP contribution in [0.2, 0.25) is 10.0 Å². The van der Waals surface area contributed by atoms with Crippen molar-refractivity contribution in [2.45, 2.75) is 19.3 Å². The topological polar surface area (TPSA) is 111 Å². The summed E-state index contributed by atoms with van der Waals surface area (Å²) in [4.78, 5) is 26.7. The lowest BCUT2D eigenvalue weighted by molar-refractivity contribution is -0.136. The monoisotopic (exact) mass is 396 g/mol. The minimum Gasteiger partial charge on any atom is -0.504 e. The van der Waals surface area contributed by atoms with Gasteiger partial charge in [-0.05, 0) is 23.8 Å². The first-order chi connectivity index (χ1) is 12.2. The fourth-order valence-corrected chi connectivity index (χ4v) is 2.72. The number of nitrogens with zero attached hydrogens (tertiary/aromatic N) is 2. The number of carboxylic acid groups (broad SMARTS) is 1. The standard InChI is InChI=1S/C17H11Cl2FN2O4/c18-11-1-2-12(20)15(19)10(11)6-9-5-8(7-21)17(26)16(22-9)13(23)3-4-14(24)25/h1-2,5,26H,3-4,6H2,(H,24,25). The number of Topliss-reactive ketones (excluding diaryl/α,β-unsaturated/α-hetero) is 1. The van der Waals surface area contributed by atoms with E-state index < -0.39 is 41.9 Å². The summed E-state index contributed by atoms with van der Waals surface area (Å²) >= 11 is 11.9. The summed E-state index contributed by atoms with van der Waals surface area (Å²) in [5.41, 5.74) is -0.298. The predicted octanol–water partition coefficient (Wildman–Crippen LogP) is 3.74. The van der Waals surface area contributed by atoms with Crippen LogP contribution in [0.1, 0.15) is 40.2 Å². The van der Waals surface area contributed by atoms with Crippen LogP contribution in [0.3, 0.4) is 0 Å². The summed E-state index contributed by atoms with van der Waals surface area (Å²) in [5, 5.41) is 27.7. The summed E-state index contributed by atoms with van der Waals surface area (Å²) in [6.45, 7) is 0. The molecule has 1 aromatic carbocycles. The van der Waals surface area contributed by atoms with Crippen LogP contribution in [0.4, 0.5) is 4.39 Å². The second kappa shape index (κ2) is 8.13. The molecule has 0 aliphatic rings. The van der Waals surface area contributed by atoms with Gasteiger partial charge in [0.2, 0.25) is 0 Å². The van der Waals surface area contributed by atoms with Crippen LogP contribution in [-0.2, 0) is 11.2 Å². The summed E-state index contributed by atoms with van der Waals surface area (Å²) < 4.78 is 13.6. The lowest BCUT2D eigenvalue weighted by Gasteiger charge is -2.10. The first kappa shape index (κ1) is 19.6. The Morgan fingerprint density at radius 2 is 1.96 bits per heavy atom. The highest BCUT2D eigenvalue weighted by Gasteiger charge is 2.20. The van der Waals surface area contributed by atoms with Crippen molar-refractivity contribution in [2.24, 2.45) is 0 Å². The van der Waals surface area contributed by atoms with Gasteiger partial charge in [0, 0.05) is 23.6 Å². The molecule has 0 spiro atoms. The fourth-order valence-electron chi connectivity index (χ4n) is 2.21. The zero-order chi connectivity index (χ0) is 19.4. The third-order valence-electron chi connectivity index (χ3n) is 3.49. The van der Waals surface area contributed by atoms with Crippen molar-refractivity contribution < 1.29 is 24.2 Å². The van der Waals surface area contributed by atoms with Gasteiger partial charge in [0.1, 0.15) is 17.6 Å². The average molecular weight is 397 g/mol. The quantitative estimate of drug-likeness (QED) is 0.568. The van der Waals surface area contributed by atoms with Crippen LogP contribution >= 0.6 is 23.2 Å². The molecule has 0 saturated heterocycles. The van der Waals surface area contributed by atoms with E-state index in [0.29, 0.717) is 0 Å². The van der Waals surface area contributed by atoms with Gasteiger partial charge in [0.05, 0.1) is 17.0 Å². The third kappa shape index (κ3) is 4.28. The van der Waals surface area contributed by atoms with Gasteiger partial charge in [-0.25, -0.2) is 9.37 Å². The number of ketones is 1. The molecule has 0 bridgehead atoms. The number of aromatic nitrogens is 1. The minimum absolute atomic E-state index is 0.0937. The van der Waals surface area contributed by atoms with E-state index in [1.807, 2.05) is 0 Å². The van der Waals surface area contributed by atoms with Gasteiger partial charge in [-0.3, -0.25) is 9.59 Å². The van der Waals surface area contributed by atoms with Crippen molar-refractivity contribution in [1.29, 1.82) is 5.26 Å². The summed E-state index contributed by atoms with van der Waals surface area (Å²) in [6.07, 6.45) is -0.942. The highest BCUT2D eigenvalue weighted by atomic mass is 35.5. The summed E-state index contributed by atoms with van der Waals surface area (Å²) in [5.74, 6) is -3.25. The van der Waals surface area contributed by atoms with Crippen LogP contribution in [0.15, 0.2) is 18.2 Å². The molecule has 134 valence electrons. The maximum atomic E-state index is 13.6. The Morgan fingerprint density at radius 1 is 1.27 bits per heavy atom. The first-order valence-corrected chi connectivity index (χ1v) is 8.00. The SMILES string of the molecule is N#Cc1cc(Cc2c(Cl)ccc(F)c2Cl)nc(C(=O)CCC(=O)O)c1O. The van der Waals surface area contributed by atoms with Gasteiger partial charge in [-0.1, -0.05) is 23.2 Å². The maximum absolute atomic E-state index is 13.6. The normalized spacial score (nSPS) is 10.4. The molecule has 0 saturated carbocycles. The molecule has 6 nitrogen and oxygen atoms in total. The molecule has 0 radical (unpaired) electrons. The molecule has 2 aromatic rings. The Bertz CT molecular complexity index is 941. The summed E-state index contributed by atoms with van der Waals surface area (Å²) in [6, 6.07) is 5.35. The molecule has 9 heteroatoms. The second-order valence-corrected chi connectivity index (χ2v) is 6.07. The van der Waals surface area contributed by atoms with Crippen LogP contribution in [-0.4, -0.2) is 26.9 Å². The van der Waals surface area contributed by atoms with Gasteiger partial charge >= 0.3 is 5.97 Å². The van der Waals surface area contributed by atoms with E-state index in [0.717, 1.165) is 6.07 Å². The van der Waals surface area contributed by atoms with E-state index in [1.54, 1.807) is 6.07 Å². The summed E-state index contributed by atoms with van der Waals surface area (Å²) in [7, 11) is 0.